The molecule has 2 heterocycles. The summed E-state index contributed by atoms with van der Waals surface area (Å²) in [5.74, 6) is 0. The van der Waals surface area contributed by atoms with Gasteiger partial charge in [-0.2, -0.15) is 0 Å². The van der Waals surface area contributed by atoms with E-state index in [-0.39, 0.29) is 0 Å². The van der Waals surface area contributed by atoms with Crippen LogP contribution in [-0.2, 0) is 0 Å². The molecule has 2 heteroatoms. The van der Waals surface area contributed by atoms with Crippen molar-refractivity contribution in [1.82, 2.24) is 9.97 Å². The standard InChI is InChI=1S/C12H12N2/c1-9-7-11(8-10(2)14-9)12-5-3-4-6-13-12/h3-8H,1-2H3. The van der Waals surface area contributed by atoms with Gasteiger partial charge in [0.2, 0.25) is 0 Å². The van der Waals surface area contributed by atoms with Crippen LogP contribution in [0.25, 0.3) is 11.3 Å². The molecule has 2 nitrogen and oxygen atoms in total. The van der Waals surface area contributed by atoms with Crippen molar-refractivity contribution in [2.75, 3.05) is 0 Å². The summed E-state index contributed by atoms with van der Waals surface area (Å²) in [7, 11) is 0. The van der Waals surface area contributed by atoms with Crippen molar-refractivity contribution in [3.63, 3.8) is 0 Å². The molecule has 2 rings (SSSR count). The van der Waals surface area contributed by atoms with Crippen LogP contribution < -0.4 is 0 Å². The van der Waals surface area contributed by atoms with E-state index >= 15 is 0 Å². The van der Waals surface area contributed by atoms with E-state index < -0.39 is 0 Å². The maximum Gasteiger partial charge on any atom is 0.0703 e. The molecule has 0 amide bonds. The Balaban J connectivity index is 2.52. The molecular formula is C12H12N2. The van der Waals surface area contributed by atoms with Crippen LogP contribution in [0.5, 0.6) is 0 Å². The highest BCUT2D eigenvalue weighted by Crippen LogP contribution is 2.17. The van der Waals surface area contributed by atoms with E-state index in [1.807, 2.05) is 32.0 Å². The van der Waals surface area contributed by atoms with E-state index in [0.717, 1.165) is 22.6 Å². The van der Waals surface area contributed by atoms with E-state index in [1.165, 1.54) is 0 Å². The molecule has 0 spiro atoms. The van der Waals surface area contributed by atoms with Crippen molar-refractivity contribution < 1.29 is 0 Å². The quantitative estimate of drug-likeness (QED) is 0.681. The molecule has 0 atom stereocenters. The SMILES string of the molecule is Cc1cc(-c2ccccn2)cc(C)n1. The van der Waals surface area contributed by atoms with Crippen molar-refractivity contribution in [3.05, 3.63) is 47.9 Å². The Kier molecular flexibility index (Phi) is 2.27. The van der Waals surface area contributed by atoms with Gasteiger partial charge < -0.3 is 0 Å². The lowest BCUT2D eigenvalue weighted by Crippen LogP contribution is -1.89. The van der Waals surface area contributed by atoms with Gasteiger partial charge in [-0.1, -0.05) is 6.07 Å². The van der Waals surface area contributed by atoms with E-state index in [0.29, 0.717) is 0 Å². The van der Waals surface area contributed by atoms with Crippen molar-refractivity contribution in [3.8, 4) is 11.3 Å². The van der Waals surface area contributed by atoms with E-state index in [1.54, 1.807) is 6.20 Å². The lowest BCUT2D eigenvalue weighted by atomic mass is 10.1. The van der Waals surface area contributed by atoms with Gasteiger partial charge in [-0.15, -0.1) is 0 Å². The summed E-state index contributed by atoms with van der Waals surface area (Å²) in [4.78, 5) is 8.64. The Morgan fingerprint density at radius 3 is 2.29 bits per heavy atom. The number of pyridine rings is 2. The molecule has 0 aromatic carbocycles. The zero-order valence-corrected chi connectivity index (χ0v) is 8.36. The summed E-state index contributed by atoms with van der Waals surface area (Å²) in [5, 5.41) is 0. The number of hydrogen-bond donors (Lipinski definition) is 0. The molecular weight excluding hydrogens is 172 g/mol. The number of aromatic nitrogens is 2. The average molecular weight is 184 g/mol. The van der Waals surface area contributed by atoms with Gasteiger partial charge in [-0.3, -0.25) is 9.97 Å². The lowest BCUT2D eigenvalue weighted by Gasteiger charge is -2.02. The third-order valence-corrected chi connectivity index (χ3v) is 2.04. The molecule has 2 aromatic rings. The van der Waals surface area contributed by atoms with Crippen LogP contribution in [-0.4, -0.2) is 9.97 Å². The first-order valence-electron chi connectivity index (χ1n) is 4.62. The first kappa shape index (κ1) is 8.88. The first-order valence-corrected chi connectivity index (χ1v) is 4.62. The molecule has 14 heavy (non-hydrogen) atoms. The van der Waals surface area contributed by atoms with Gasteiger partial charge in [0, 0.05) is 23.1 Å². The highest BCUT2D eigenvalue weighted by molar-refractivity contribution is 5.59. The Hall–Kier alpha value is -1.70. The summed E-state index contributed by atoms with van der Waals surface area (Å²) < 4.78 is 0. The van der Waals surface area contributed by atoms with Gasteiger partial charge in [0.05, 0.1) is 5.69 Å². The zero-order chi connectivity index (χ0) is 9.97. The minimum absolute atomic E-state index is 1.00. The second-order valence-corrected chi connectivity index (χ2v) is 3.35. The van der Waals surface area contributed by atoms with Crippen LogP contribution in [0, 0.1) is 13.8 Å². The molecule has 0 aliphatic heterocycles. The normalized spacial score (nSPS) is 10.1. The molecule has 70 valence electrons. The maximum atomic E-state index is 4.33. The minimum Gasteiger partial charge on any atom is -0.258 e. The Bertz CT molecular complexity index is 415. The Labute approximate surface area is 83.7 Å². The summed E-state index contributed by atoms with van der Waals surface area (Å²) in [5.41, 5.74) is 4.20. The van der Waals surface area contributed by atoms with Gasteiger partial charge in [-0.05, 0) is 38.1 Å². The highest BCUT2D eigenvalue weighted by Gasteiger charge is 2.00. The van der Waals surface area contributed by atoms with Crippen LogP contribution in [0.1, 0.15) is 11.4 Å². The molecule has 0 fully saturated rings. The fourth-order valence-electron chi connectivity index (χ4n) is 1.52. The summed E-state index contributed by atoms with van der Waals surface area (Å²) in [6.07, 6.45) is 1.81. The van der Waals surface area contributed by atoms with Crippen molar-refractivity contribution >= 4 is 0 Å². The summed E-state index contributed by atoms with van der Waals surface area (Å²) >= 11 is 0. The Morgan fingerprint density at radius 2 is 1.71 bits per heavy atom. The minimum atomic E-state index is 1.00. The number of nitrogens with zero attached hydrogens (tertiary/aromatic N) is 2. The molecule has 0 bridgehead atoms. The van der Waals surface area contributed by atoms with Crippen LogP contribution in [0.15, 0.2) is 36.5 Å². The third kappa shape index (κ3) is 1.79. The Morgan fingerprint density at radius 1 is 1.00 bits per heavy atom. The number of aryl methyl sites for hydroxylation is 2. The van der Waals surface area contributed by atoms with Gasteiger partial charge in [-0.25, -0.2) is 0 Å². The van der Waals surface area contributed by atoms with Crippen molar-refractivity contribution in [1.29, 1.82) is 0 Å². The molecule has 0 N–H and O–H groups in total. The first-order chi connectivity index (χ1) is 6.75. The lowest BCUT2D eigenvalue weighted by molar-refractivity contribution is 1.12. The maximum absolute atomic E-state index is 4.33. The largest absolute Gasteiger partial charge is 0.258 e. The van der Waals surface area contributed by atoms with Crippen molar-refractivity contribution in [2.45, 2.75) is 13.8 Å². The molecule has 0 saturated carbocycles. The van der Waals surface area contributed by atoms with Gasteiger partial charge in [0.25, 0.3) is 0 Å². The number of rotatable bonds is 1. The monoisotopic (exact) mass is 184 g/mol. The second-order valence-electron chi connectivity index (χ2n) is 3.35. The molecule has 2 aromatic heterocycles. The van der Waals surface area contributed by atoms with E-state index in [4.69, 9.17) is 0 Å². The second kappa shape index (κ2) is 3.58. The molecule has 0 radical (unpaired) electrons. The third-order valence-electron chi connectivity index (χ3n) is 2.04. The van der Waals surface area contributed by atoms with E-state index in [2.05, 4.69) is 22.1 Å². The predicted octanol–water partition coefficient (Wildman–Crippen LogP) is 2.76. The summed E-state index contributed by atoms with van der Waals surface area (Å²) in [6.45, 7) is 4.00. The van der Waals surface area contributed by atoms with Crippen LogP contribution in [0.2, 0.25) is 0 Å². The molecule has 0 saturated heterocycles. The smallest absolute Gasteiger partial charge is 0.0703 e. The zero-order valence-electron chi connectivity index (χ0n) is 8.36. The van der Waals surface area contributed by atoms with Crippen molar-refractivity contribution in [2.24, 2.45) is 0 Å². The fraction of sp³-hybridized carbons (Fsp3) is 0.167. The van der Waals surface area contributed by atoms with Gasteiger partial charge in [0.15, 0.2) is 0 Å². The van der Waals surface area contributed by atoms with Crippen LogP contribution in [0.3, 0.4) is 0 Å². The molecule has 0 aliphatic rings. The summed E-state index contributed by atoms with van der Waals surface area (Å²) in [6, 6.07) is 10.0. The van der Waals surface area contributed by atoms with Gasteiger partial charge in [0.1, 0.15) is 0 Å². The molecule has 0 unspecified atom stereocenters. The van der Waals surface area contributed by atoms with Crippen LogP contribution >= 0.6 is 0 Å². The average Bonchev–Trinajstić information content (AvgIpc) is 2.18. The fourth-order valence-corrected chi connectivity index (χ4v) is 1.52. The van der Waals surface area contributed by atoms with E-state index in [9.17, 15) is 0 Å². The topological polar surface area (TPSA) is 25.8 Å². The van der Waals surface area contributed by atoms with Crippen LogP contribution in [0.4, 0.5) is 0 Å². The number of hydrogen-bond acceptors (Lipinski definition) is 2. The van der Waals surface area contributed by atoms with Gasteiger partial charge >= 0.3 is 0 Å². The predicted molar refractivity (Wildman–Crippen MR) is 56.9 cm³/mol. The highest BCUT2D eigenvalue weighted by atomic mass is 14.7. The molecule has 0 aliphatic carbocycles.